The summed E-state index contributed by atoms with van der Waals surface area (Å²) in [6, 6.07) is 6.74. The number of benzene rings is 1. The summed E-state index contributed by atoms with van der Waals surface area (Å²) in [5.74, 6) is 1.25. The van der Waals surface area contributed by atoms with Crippen LogP contribution in [-0.4, -0.2) is 29.2 Å². The first-order chi connectivity index (χ1) is 12.7. The maximum absolute atomic E-state index is 13.3. The highest BCUT2D eigenvalue weighted by molar-refractivity contribution is 14.0. The van der Waals surface area contributed by atoms with Gasteiger partial charge < -0.3 is 20.1 Å². The standard InChI is InChI=1S/C19H24FN5O.HI/c1-3-15-10-16(26-25-15)12-24-19(21-4-2)22-8-7-13-11-23-18-9-14(20)5-6-17(13)18;/h5-6,9-11,23H,3-4,7-8,12H2,1-2H3,(H2,21,22,24);1H. The number of rotatable bonds is 7. The van der Waals surface area contributed by atoms with Crippen LogP contribution in [0.2, 0.25) is 0 Å². The average molecular weight is 485 g/mol. The second kappa shape index (κ2) is 10.3. The predicted molar refractivity (Wildman–Crippen MR) is 116 cm³/mol. The first kappa shape index (κ1) is 21.2. The van der Waals surface area contributed by atoms with Crippen molar-refractivity contribution in [3.05, 3.63) is 53.3 Å². The van der Waals surface area contributed by atoms with Crippen LogP contribution >= 0.6 is 24.0 Å². The van der Waals surface area contributed by atoms with E-state index in [1.807, 2.05) is 32.2 Å². The Kier molecular flexibility index (Phi) is 8.08. The molecule has 0 unspecified atom stereocenters. The Labute approximate surface area is 175 Å². The third-order valence-electron chi connectivity index (χ3n) is 4.12. The van der Waals surface area contributed by atoms with Crippen LogP contribution in [0, 0.1) is 5.82 Å². The summed E-state index contributed by atoms with van der Waals surface area (Å²) in [5.41, 5.74) is 2.90. The molecule has 0 radical (unpaired) electrons. The zero-order valence-electron chi connectivity index (χ0n) is 15.5. The summed E-state index contributed by atoms with van der Waals surface area (Å²) in [5, 5.41) is 11.6. The van der Waals surface area contributed by atoms with Crippen LogP contribution in [0.15, 0.2) is 40.0 Å². The molecule has 1 aromatic carbocycles. The fourth-order valence-corrected chi connectivity index (χ4v) is 2.78. The summed E-state index contributed by atoms with van der Waals surface area (Å²) in [6.07, 6.45) is 3.58. The van der Waals surface area contributed by atoms with E-state index in [-0.39, 0.29) is 29.8 Å². The van der Waals surface area contributed by atoms with Gasteiger partial charge in [0.1, 0.15) is 12.4 Å². The maximum atomic E-state index is 13.3. The van der Waals surface area contributed by atoms with Crippen molar-refractivity contribution in [1.82, 2.24) is 20.8 Å². The normalized spacial score (nSPS) is 11.4. The quantitative estimate of drug-likeness (QED) is 0.271. The van der Waals surface area contributed by atoms with Gasteiger partial charge in [0.05, 0.1) is 5.69 Å². The van der Waals surface area contributed by atoms with E-state index in [9.17, 15) is 4.39 Å². The molecule has 0 aliphatic carbocycles. The first-order valence-electron chi connectivity index (χ1n) is 8.91. The zero-order chi connectivity index (χ0) is 18.4. The third-order valence-corrected chi connectivity index (χ3v) is 4.12. The molecule has 3 rings (SSSR count). The molecule has 3 aromatic rings. The number of H-pyrrole nitrogens is 1. The number of nitrogens with zero attached hydrogens (tertiary/aromatic N) is 2. The van der Waals surface area contributed by atoms with Crippen molar-refractivity contribution < 1.29 is 8.91 Å². The Morgan fingerprint density at radius 2 is 2.11 bits per heavy atom. The van der Waals surface area contributed by atoms with Gasteiger partial charge in [-0.3, -0.25) is 0 Å². The highest BCUT2D eigenvalue weighted by atomic mass is 127. The number of aryl methyl sites for hydroxylation is 1. The van der Waals surface area contributed by atoms with Crippen molar-refractivity contribution in [3.63, 3.8) is 0 Å². The third kappa shape index (κ3) is 5.69. The van der Waals surface area contributed by atoms with Gasteiger partial charge in [0.15, 0.2) is 11.7 Å². The number of fused-ring (bicyclic) bond motifs is 1. The Morgan fingerprint density at radius 3 is 2.85 bits per heavy atom. The van der Waals surface area contributed by atoms with E-state index >= 15 is 0 Å². The van der Waals surface area contributed by atoms with Crippen LogP contribution in [0.5, 0.6) is 0 Å². The molecule has 0 bridgehead atoms. The number of aromatic amines is 1. The summed E-state index contributed by atoms with van der Waals surface area (Å²) in [7, 11) is 0. The molecular weight excluding hydrogens is 460 g/mol. The molecule has 0 atom stereocenters. The molecule has 2 heterocycles. The Balaban J connectivity index is 0.00000261. The SMILES string of the molecule is CCNC(=NCc1cc(CC)no1)NCCc1c[nH]c2cc(F)ccc12.I. The van der Waals surface area contributed by atoms with Gasteiger partial charge in [0.25, 0.3) is 0 Å². The Morgan fingerprint density at radius 1 is 1.26 bits per heavy atom. The molecule has 146 valence electrons. The van der Waals surface area contributed by atoms with E-state index in [1.54, 1.807) is 0 Å². The molecule has 0 saturated heterocycles. The van der Waals surface area contributed by atoms with Crippen LogP contribution in [0.1, 0.15) is 30.9 Å². The van der Waals surface area contributed by atoms with E-state index in [4.69, 9.17) is 4.52 Å². The number of aliphatic imine (C=N–C) groups is 1. The van der Waals surface area contributed by atoms with Crippen LogP contribution in [0.3, 0.4) is 0 Å². The van der Waals surface area contributed by atoms with Gasteiger partial charge in [0, 0.05) is 36.3 Å². The smallest absolute Gasteiger partial charge is 0.191 e. The van der Waals surface area contributed by atoms with Crippen molar-refractivity contribution >= 4 is 40.8 Å². The predicted octanol–water partition coefficient (Wildman–Crippen LogP) is 3.77. The van der Waals surface area contributed by atoms with Crippen LogP contribution < -0.4 is 10.6 Å². The van der Waals surface area contributed by atoms with Gasteiger partial charge in [-0.1, -0.05) is 12.1 Å². The Hall–Kier alpha value is -2.10. The van der Waals surface area contributed by atoms with Crippen molar-refractivity contribution in [3.8, 4) is 0 Å². The van der Waals surface area contributed by atoms with Crippen LogP contribution in [0.4, 0.5) is 4.39 Å². The first-order valence-corrected chi connectivity index (χ1v) is 8.91. The Bertz CT molecular complexity index is 889. The fourth-order valence-electron chi connectivity index (χ4n) is 2.78. The van der Waals surface area contributed by atoms with Gasteiger partial charge in [0.2, 0.25) is 0 Å². The van der Waals surface area contributed by atoms with Gasteiger partial charge >= 0.3 is 0 Å². The number of hydrogen-bond donors (Lipinski definition) is 3. The minimum absolute atomic E-state index is 0. The molecule has 0 fully saturated rings. The molecule has 0 amide bonds. The van der Waals surface area contributed by atoms with Crippen molar-refractivity contribution in [2.45, 2.75) is 33.2 Å². The lowest BCUT2D eigenvalue weighted by molar-refractivity contribution is 0.379. The lowest BCUT2D eigenvalue weighted by Gasteiger charge is -2.10. The minimum Gasteiger partial charge on any atom is -0.361 e. The van der Waals surface area contributed by atoms with E-state index in [0.29, 0.717) is 13.1 Å². The van der Waals surface area contributed by atoms with Gasteiger partial charge in [-0.15, -0.1) is 24.0 Å². The van der Waals surface area contributed by atoms with E-state index in [1.165, 1.54) is 12.1 Å². The highest BCUT2D eigenvalue weighted by Gasteiger charge is 2.06. The van der Waals surface area contributed by atoms with Crippen LogP contribution in [-0.2, 0) is 19.4 Å². The van der Waals surface area contributed by atoms with Gasteiger partial charge in [-0.05, 0) is 43.5 Å². The summed E-state index contributed by atoms with van der Waals surface area (Å²) < 4.78 is 18.5. The average Bonchev–Trinajstić information content (AvgIpc) is 3.26. The molecule has 3 N–H and O–H groups in total. The molecule has 6 nitrogen and oxygen atoms in total. The molecule has 2 aromatic heterocycles. The second-order valence-corrected chi connectivity index (χ2v) is 6.01. The number of hydrogen-bond acceptors (Lipinski definition) is 3. The second-order valence-electron chi connectivity index (χ2n) is 6.01. The lowest BCUT2D eigenvalue weighted by Crippen LogP contribution is -2.38. The topological polar surface area (TPSA) is 78.2 Å². The molecule has 8 heteroatoms. The van der Waals surface area contributed by atoms with Gasteiger partial charge in [-0.2, -0.15) is 0 Å². The molecule has 0 saturated carbocycles. The molecule has 0 aliphatic rings. The monoisotopic (exact) mass is 485 g/mol. The zero-order valence-corrected chi connectivity index (χ0v) is 17.8. The summed E-state index contributed by atoms with van der Waals surface area (Å²) in [4.78, 5) is 7.64. The van der Waals surface area contributed by atoms with E-state index in [2.05, 4.69) is 25.8 Å². The molecular formula is C19H25FIN5O. The number of nitrogens with one attached hydrogen (secondary N) is 3. The maximum Gasteiger partial charge on any atom is 0.191 e. The molecule has 0 spiro atoms. The number of halogens is 2. The van der Waals surface area contributed by atoms with Gasteiger partial charge in [-0.25, -0.2) is 9.38 Å². The number of aromatic nitrogens is 2. The van der Waals surface area contributed by atoms with Crippen molar-refractivity contribution in [2.24, 2.45) is 4.99 Å². The van der Waals surface area contributed by atoms with E-state index in [0.717, 1.165) is 53.3 Å². The fraction of sp³-hybridized carbons (Fsp3) is 0.368. The lowest BCUT2D eigenvalue weighted by atomic mass is 10.1. The van der Waals surface area contributed by atoms with E-state index < -0.39 is 0 Å². The minimum atomic E-state index is -0.232. The van der Waals surface area contributed by atoms with Crippen molar-refractivity contribution in [1.29, 1.82) is 0 Å². The summed E-state index contributed by atoms with van der Waals surface area (Å²) in [6.45, 7) is 5.99. The molecule has 27 heavy (non-hydrogen) atoms. The highest BCUT2D eigenvalue weighted by Crippen LogP contribution is 2.19. The number of guanidine groups is 1. The summed E-state index contributed by atoms with van der Waals surface area (Å²) >= 11 is 0. The van der Waals surface area contributed by atoms with Crippen molar-refractivity contribution in [2.75, 3.05) is 13.1 Å². The van der Waals surface area contributed by atoms with Crippen LogP contribution in [0.25, 0.3) is 10.9 Å². The largest absolute Gasteiger partial charge is 0.361 e. The molecule has 0 aliphatic heterocycles.